The molecule has 2 fully saturated rings. The Kier molecular flexibility index (Phi) is 3.76. The molecule has 23 heavy (non-hydrogen) atoms. The number of hydrogen-bond acceptors (Lipinski definition) is 3. The van der Waals surface area contributed by atoms with Crippen molar-refractivity contribution in [3.05, 3.63) is 29.0 Å². The third kappa shape index (κ3) is 2.51. The van der Waals surface area contributed by atoms with Crippen LogP contribution in [0.1, 0.15) is 38.6 Å². The molecule has 0 spiro atoms. The van der Waals surface area contributed by atoms with Gasteiger partial charge in [0.2, 0.25) is 0 Å². The van der Waals surface area contributed by atoms with Crippen molar-refractivity contribution < 1.29 is 4.74 Å². The third-order valence-electron chi connectivity index (χ3n) is 5.87. The van der Waals surface area contributed by atoms with Gasteiger partial charge in [0.15, 0.2) is 10.6 Å². The minimum absolute atomic E-state index is 0.397. The van der Waals surface area contributed by atoms with E-state index < -0.39 is 0 Å². The Hall–Kier alpha value is -1.62. The molecule has 1 heterocycles. The molecule has 0 aliphatic heterocycles. The normalized spacial score (nSPS) is 27.3. The molecule has 0 amide bonds. The van der Waals surface area contributed by atoms with Crippen molar-refractivity contribution in [2.45, 2.75) is 38.6 Å². The molecule has 2 aliphatic carbocycles. The zero-order valence-corrected chi connectivity index (χ0v) is 14.5. The zero-order valence-electron chi connectivity index (χ0n) is 13.7. The summed E-state index contributed by atoms with van der Waals surface area (Å²) in [4.78, 5) is 0. The molecule has 1 N–H and O–H groups in total. The van der Waals surface area contributed by atoms with Gasteiger partial charge >= 0.3 is 0 Å². The summed E-state index contributed by atoms with van der Waals surface area (Å²) in [5.41, 5.74) is 1.08. The van der Waals surface area contributed by atoms with Gasteiger partial charge in [-0.1, -0.05) is 6.42 Å². The molecule has 0 saturated heterocycles. The highest BCUT2D eigenvalue weighted by molar-refractivity contribution is 7.71. The van der Waals surface area contributed by atoms with Crippen LogP contribution in [-0.4, -0.2) is 21.9 Å². The van der Waals surface area contributed by atoms with Crippen molar-refractivity contribution in [3.8, 4) is 17.1 Å². The number of methoxy groups -OCH3 is 1. The summed E-state index contributed by atoms with van der Waals surface area (Å²) in [6.07, 6.45) is 5.58. The number of rotatable bonds is 4. The van der Waals surface area contributed by atoms with Gasteiger partial charge in [0, 0.05) is 11.6 Å². The first-order valence-electron chi connectivity index (χ1n) is 8.48. The van der Waals surface area contributed by atoms with Gasteiger partial charge in [-0.25, -0.2) is 0 Å². The van der Waals surface area contributed by atoms with E-state index in [9.17, 15) is 0 Å². The van der Waals surface area contributed by atoms with Crippen molar-refractivity contribution in [2.75, 3.05) is 7.11 Å². The molecule has 4 unspecified atom stereocenters. The van der Waals surface area contributed by atoms with Crippen LogP contribution < -0.4 is 4.74 Å². The van der Waals surface area contributed by atoms with Crippen LogP contribution in [0.5, 0.6) is 5.75 Å². The highest BCUT2D eigenvalue weighted by Crippen LogP contribution is 2.52. The first-order chi connectivity index (χ1) is 11.2. The van der Waals surface area contributed by atoms with E-state index in [0.29, 0.717) is 6.04 Å². The number of aromatic nitrogens is 3. The molecular weight excluding hydrogens is 306 g/mol. The van der Waals surface area contributed by atoms with Gasteiger partial charge in [-0.15, -0.1) is 0 Å². The van der Waals surface area contributed by atoms with Crippen molar-refractivity contribution in [3.63, 3.8) is 0 Å². The second-order valence-electron chi connectivity index (χ2n) is 7.03. The topological polar surface area (TPSA) is 42.8 Å². The summed E-state index contributed by atoms with van der Waals surface area (Å²) in [5.74, 6) is 4.34. The predicted molar refractivity (Wildman–Crippen MR) is 93.0 cm³/mol. The fraction of sp³-hybridized carbons (Fsp3) is 0.556. The molecule has 5 heteroatoms. The van der Waals surface area contributed by atoms with Gasteiger partial charge in [0.25, 0.3) is 0 Å². The lowest BCUT2D eigenvalue weighted by molar-refractivity contribution is 0.242. The molecule has 2 saturated carbocycles. The Morgan fingerprint density at radius 2 is 2.04 bits per heavy atom. The second kappa shape index (κ2) is 5.78. The number of benzene rings is 1. The van der Waals surface area contributed by atoms with E-state index in [2.05, 4.69) is 21.7 Å². The van der Waals surface area contributed by atoms with Crippen molar-refractivity contribution >= 4 is 12.2 Å². The van der Waals surface area contributed by atoms with Gasteiger partial charge in [-0.05, 0) is 80.4 Å². The number of ether oxygens (including phenoxy) is 1. The number of nitrogens with one attached hydrogen (secondary N) is 1. The quantitative estimate of drug-likeness (QED) is 0.833. The number of H-pyrrole nitrogens is 1. The molecule has 122 valence electrons. The van der Waals surface area contributed by atoms with Crippen molar-refractivity contribution in [1.29, 1.82) is 0 Å². The standard InChI is InChI=1S/C18H23N3OS/c1-11(16-10-12-3-4-14(16)9-12)21-17(19-20-18(21)23)13-5-7-15(22-2)8-6-13/h5-8,11-12,14,16H,3-4,9-10H2,1-2H3,(H,20,23). The van der Waals surface area contributed by atoms with Crippen LogP contribution in [0.2, 0.25) is 0 Å². The minimum Gasteiger partial charge on any atom is -0.497 e. The average Bonchev–Trinajstić information content (AvgIpc) is 3.29. The van der Waals surface area contributed by atoms with Crippen LogP contribution in [0.3, 0.4) is 0 Å². The smallest absolute Gasteiger partial charge is 0.195 e. The third-order valence-corrected chi connectivity index (χ3v) is 6.16. The van der Waals surface area contributed by atoms with Crippen LogP contribution in [-0.2, 0) is 0 Å². The van der Waals surface area contributed by atoms with Crippen molar-refractivity contribution in [1.82, 2.24) is 14.8 Å². The van der Waals surface area contributed by atoms with Crippen LogP contribution in [0, 0.1) is 22.5 Å². The molecule has 4 nitrogen and oxygen atoms in total. The summed E-state index contributed by atoms with van der Waals surface area (Å²) in [6, 6.07) is 8.44. The molecule has 2 aliphatic rings. The summed E-state index contributed by atoms with van der Waals surface area (Å²) in [7, 11) is 1.68. The Labute approximate surface area is 141 Å². The van der Waals surface area contributed by atoms with E-state index in [4.69, 9.17) is 17.0 Å². The fourth-order valence-corrected chi connectivity index (χ4v) is 5.00. The molecule has 2 bridgehead atoms. The second-order valence-corrected chi connectivity index (χ2v) is 7.42. The molecule has 4 atom stereocenters. The first-order valence-corrected chi connectivity index (χ1v) is 8.89. The van der Waals surface area contributed by atoms with Crippen LogP contribution in [0.15, 0.2) is 24.3 Å². The van der Waals surface area contributed by atoms with E-state index in [1.165, 1.54) is 25.7 Å². The maximum atomic E-state index is 5.54. The summed E-state index contributed by atoms with van der Waals surface area (Å²) < 4.78 is 8.20. The van der Waals surface area contributed by atoms with Gasteiger partial charge in [-0.2, -0.15) is 5.10 Å². The van der Waals surface area contributed by atoms with Gasteiger partial charge in [0.1, 0.15) is 5.75 Å². The highest BCUT2D eigenvalue weighted by atomic mass is 32.1. The van der Waals surface area contributed by atoms with Gasteiger partial charge < -0.3 is 4.74 Å². The summed E-state index contributed by atoms with van der Waals surface area (Å²) >= 11 is 5.54. The van der Waals surface area contributed by atoms with Gasteiger partial charge in [-0.3, -0.25) is 9.67 Å². The van der Waals surface area contributed by atoms with Crippen molar-refractivity contribution in [2.24, 2.45) is 17.8 Å². The monoisotopic (exact) mass is 329 g/mol. The maximum Gasteiger partial charge on any atom is 0.195 e. The van der Waals surface area contributed by atoms with E-state index in [-0.39, 0.29) is 0 Å². The minimum atomic E-state index is 0.397. The Balaban J connectivity index is 1.68. The predicted octanol–water partition coefficient (Wildman–Crippen LogP) is 4.61. The highest BCUT2D eigenvalue weighted by Gasteiger charge is 2.42. The molecule has 4 rings (SSSR count). The Bertz CT molecular complexity index is 748. The van der Waals surface area contributed by atoms with Gasteiger partial charge in [0.05, 0.1) is 7.11 Å². The summed E-state index contributed by atoms with van der Waals surface area (Å²) in [6.45, 7) is 2.31. The van der Waals surface area contributed by atoms with E-state index in [1.807, 2.05) is 24.3 Å². The maximum absolute atomic E-state index is 5.54. The fourth-order valence-electron chi connectivity index (χ4n) is 4.70. The number of aromatic amines is 1. The lowest BCUT2D eigenvalue weighted by Gasteiger charge is -2.29. The van der Waals surface area contributed by atoms with E-state index in [0.717, 1.165) is 39.7 Å². The van der Waals surface area contributed by atoms with E-state index >= 15 is 0 Å². The lowest BCUT2D eigenvalue weighted by atomic mass is 9.84. The first kappa shape index (κ1) is 14.9. The largest absolute Gasteiger partial charge is 0.497 e. The van der Waals surface area contributed by atoms with Crippen LogP contribution in [0.25, 0.3) is 11.4 Å². The number of nitrogens with zero attached hydrogens (tertiary/aromatic N) is 2. The molecule has 1 aromatic carbocycles. The van der Waals surface area contributed by atoms with E-state index in [1.54, 1.807) is 7.11 Å². The molecule has 1 aromatic heterocycles. The molecular formula is C18H23N3OS. The average molecular weight is 329 g/mol. The lowest BCUT2D eigenvalue weighted by Crippen LogP contribution is -2.22. The molecule has 2 aromatic rings. The number of hydrogen-bond donors (Lipinski definition) is 1. The number of fused-ring (bicyclic) bond motifs is 2. The van der Waals surface area contributed by atoms with Crippen LogP contribution >= 0.6 is 12.2 Å². The van der Waals surface area contributed by atoms with Crippen LogP contribution in [0.4, 0.5) is 0 Å². The molecule has 0 radical (unpaired) electrons. The SMILES string of the molecule is COc1ccc(-c2n[nH]c(=S)n2C(C)C2CC3CCC2C3)cc1. The zero-order chi connectivity index (χ0) is 16.0. The Morgan fingerprint density at radius 1 is 1.26 bits per heavy atom. The Morgan fingerprint density at radius 3 is 2.65 bits per heavy atom. The summed E-state index contributed by atoms with van der Waals surface area (Å²) in [5, 5.41) is 7.50.